The van der Waals surface area contributed by atoms with Crippen molar-refractivity contribution in [1.29, 1.82) is 5.26 Å². The van der Waals surface area contributed by atoms with E-state index in [4.69, 9.17) is 40.3 Å². The van der Waals surface area contributed by atoms with E-state index in [1.54, 1.807) is 13.0 Å². The quantitative estimate of drug-likeness (QED) is 0.191. The molecule has 1 N–H and O–H groups in total. The van der Waals surface area contributed by atoms with Crippen LogP contribution in [0.3, 0.4) is 0 Å². The molecule has 0 saturated carbocycles. The number of ketones is 1. The van der Waals surface area contributed by atoms with E-state index >= 15 is 0 Å². The second-order valence-corrected chi connectivity index (χ2v) is 8.67. The summed E-state index contributed by atoms with van der Waals surface area (Å²) in [5.41, 5.74) is -1.83. The number of carbonyl (C=O) groups excluding carboxylic acids is 1. The van der Waals surface area contributed by atoms with Gasteiger partial charge in [0.25, 0.3) is 0 Å². The minimum atomic E-state index is -2.83. The van der Waals surface area contributed by atoms with Gasteiger partial charge in [-0.2, -0.15) is 5.26 Å². The number of halogens is 1. The number of fused-ring (bicyclic) bond motifs is 1. The van der Waals surface area contributed by atoms with Crippen molar-refractivity contribution in [2.24, 2.45) is 0 Å². The van der Waals surface area contributed by atoms with Crippen molar-refractivity contribution >= 4 is 39.7 Å². The van der Waals surface area contributed by atoms with Crippen LogP contribution in [0.15, 0.2) is 66.7 Å². The molecule has 0 fully saturated rings. The van der Waals surface area contributed by atoms with Crippen LogP contribution in [0, 0.1) is 18.3 Å². The Morgan fingerprint density at radius 1 is 1.27 bits per heavy atom. The first-order valence-electron chi connectivity index (χ1n) is 19.1. The predicted octanol–water partition coefficient (Wildman–Crippen LogP) is 6.41. The maximum absolute atomic E-state index is 13.2. The van der Waals surface area contributed by atoms with Gasteiger partial charge in [0.2, 0.25) is 0 Å². The molecule has 0 aliphatic rings. The van der Waals surface area contributed by atoms with E-state index in [0.29, 0.717) is 4.90 Å². The SMILES string of the molecule is [2H]c1nc2c([2H])c(OCC)c(CC(=O)/C=C/C([2H])([2H])N(C)C([2H])([2H])[2H])c([2H])c2c(Nc2c([2H])c([2H])c(OCc3nc(C)c([2H])c([2H])c3[2H])c(Cl)c2[2H])c1C#N. The number of hydrogen-bond donors (Lipinski definition) is 1. The van der Waals surface area contributed by atoms with Crippen LogP contribution >= 0.6 is 11.6 Å². The summed E-state index contributed by atoms with van der Waals surface area (Å²) in [4.78, 5) is 21.8. The largest absolute Gasteiger partial charge is 0.494 e. The van der Waals surface area contributed by atoms with E-state index in [0.717, 1.165) is 19.2 Å². The van der Waals surface area contributed by atoms with E-state index in [1.807, 2.05) is 0 Å². The Hall–Kier alpha value is -4.45. The first kappa shape index (κ1) is 16.1. The lowest BCUT2D eigenvalue weighted by Crippen LogP contribution is -2.11. The summed E-state index contributed by atoms with van der Waals surface area (Å²) in [6.45, 7) is -2.95. The number of nitrogens with zero attached hydrogens (tertiary/aromatic N) is 4. The first-order valence-corrected chi connectivity index (χ1v) is 12.4. The number of carbonyl (C=O) groups is 1. The van der Waals surface area contributed by atoms with Gasteiger partial charge >= 0.3 is 0 Å². The molecule has 2 aromatic carbocycles. The Balaban J connectivity index is 1.87. The molecule has 0 amide bonds. The van der Waals surface area contributed by atoms with Gasteiger partial charge in [-0.1, -0.05) is 23.7 Å². The summed E-state index contributed by atoms with van der Waals surface area (Å²) < 4.78 is 126. The average molecular weight is 584 g/mol. The maximum Gasteiger partial charge on any atom is 0.159 e. The number of benzene rings is 2. The number of aromatic nitrogens is 2. The van der Waals surface area contributed by atoms with Crippen LogP contribution in [0.4, 0.5) is 11.4 Å². The molecule has 4 aromatic rings. The highest BCUT2D eigenvalue weighted by atomic mass is 35.5. The van der Waals surface area contributed by atoms with Crippen molar-refractivity contribution in [3.05, 3.63) is 94.2 Å². The highest BCUT2D eigenvalue weighted by Crippen LogP contribution is 2.36. The molecule has 0 bridgehead atoms. The second kappa shape index (κ2) is 13.8. The molecule has 0 spiro atoms. The molecule has 4 rings (SSSR count). The molecular formula is C32H32ClN5O3. The third-order valence-electron chi connectivity index (χ3n) is 5.18. The fourth-order valence-electron chi connectivity index (χ4n) is 3.46. The third-order valence-corrected chi connectivity index (χ3v) is 5.44. The monoisotopic (exact) mass is 583 g/mol. The van der Waals surface area contributed by atoms with Crippen LogP contribution in [0.25, 0.3) is 10.9 Å². The van der Waals surface area contributed by atoms with E-state index in [2.05, 4.69) is 15.3 Å². The lowest BCUT2D eigenvalue weighted by atomic mass is 10.0. The van der Waals surface area contributed by atoms with Crippen LogP contribution in [0.2, 0.25) is 5.02 Å². The summed E-state index contributed by atoms with van der Waals surface area (Å²) in [5.74, 6) is -1.55. The zero-order chi connectivity index (χ0) is 41.5. The van der Waals surface area contributed by atoms with Crippen molar-refractivity contribution in [1.82, 2.24) is 14.9 Å². The summed E-state index contributed by atoms with van der Waals surface area (Å²) >= 11 is 6.47. The Morgan fingerprint density at radius 2 is 2.12 bits per heavy atom. The maximum atomic E-state index is 13.2. The molecule has 0 unspecified atom stereocenters. The van der Waals surface area contributed by atoms with E-state index in [-0.39, 0.29) is 51.9 Å². The summed E-state index contributed by atoms with van der Waals surface area (Å²) in [7, 11) is 1.00. The lowest BCUT2D eigenvalue weighted by Gasteiger charge is -2.16. The van der Waals surface area contributed by atoms with Gasteiger partial charge in [0.1, 0.15) is 24.2 Å². The molecule has 0 aliphatic heterocycles. The topological polar surface area (TPSA) is 100 Å². The van der Waals surface area contributed by atoms with Gasteiger partial charge in [-0.15, -0.1) is 0 Å². The number of aryl methyl sites for hydroxylation is 1. The van der Waals surface area contributed by atoms with E-state index in [1.165, 1.54) is 6.92 Å². The second-order valence-electron chi connectivity index (χ2n) is 8.29. The minimum Gasteiger partial charge on any atom is -0.494 e. The van der Waals surface area contributed by atoms with Gasteiger partial charge in [0.15, 0.2) is 5.78 Å². The van der Waals surface area contributed by atoms with Crippen molar-refractivity contribution in [3.63, 3.8) is 0 Å². The summed E-state index contributed by atoms with van der Waals surface area (Å²) in [6, 6.07) is -2.28. The van der Waals surface area contributed by atoms with Crippen LogP contribution in [0.5, 0.6) is 11.5 Å². The highest BCUT2D eigenvalue weighted by molar-refractivity contribution is 6.32. The predicted molar refractivity (Wildman–Crippen MR) is 162 cm³/mol. The van der Waals surface area contributed by atoms with Gasteiger partial charge in [0, 0.05) is 54.3 Å². The van der Waals surface area contributed by atoms with E-state index < -0.39 is 103 Å². The smallest absolute Gasteiger partial charge is 0.159 e. The molecular weight excluding hydrogens is 538 g/mol. The number of nitriles is 1. The van der Waals surface area contributed by atoms with Crippen LogP contribution in [0.1, 0.15) is 48.6 Å². The summed E-state index contributed by atoms with van der Waals surface area (Å²) in [6.07, 6.45) is 0.173. The molecule has 8 nitrogen and oxygen atoms in total. The molecule has 210 valence electrons. The van der Waals surface area contributed by atoms with Crippen molar-refractivity contribution < 1.29 is 33.5 Å². The summed E-state index contributed by atoms with van der Waals surface area (Å²) in [5, 5.41) is 12.0. The normalized spacial score (nSPS) is 16.7. The molecule has 0 atom stereocenters. The van der Waals surface area contributed by atoms with Crippen molar-refractivity contribution in [3.8, 4) is 17.6 Å². The molecule has 2 aromatic heterocycles. The number of pyridine rings is 2. The molecule has 0 radical (unpaired) electrons. The Bertz CT molecular complexity index is 2270. The highest BCUT2D eigenvalue weighted by Gasteiger charge is 2.16. The molecule has 41 heavy (non-hydrogen) atoms. The molecule has 0 aliphatic carbocycles. The standard InChI is InChI=1S/C32H32ClN5O3/c1-5-40-31-17-29-27(15-22(31)14-26(39)10-7-13-38(3)4)32(23(18-34)19-35-29)37-24-11-12-30(28(33)16-24)41-20-25-9-6-8-21(2)36-25/h6-12,15-17,19H,5,13-14,20H2,1-4H3,(H,35,37)/b10-7+/i3D3,6D,8D,9D,11D,12D,13D2,15D,16D,17D,19D. The van der Waals surface area contributed by atoms with Crippen LogP contribution in [-0.2, 0) is 17.8 Å². The molecule has 9 heteroatoms. The van der Waals surface area contributed by atoms with Crippen LogP contribution in [-0.4, -0.2) is 47.8 Å². The van der Waals surface area contributed by atoms with Gasteiger partial charge in [-0.05, 0) is 70.2 Å². The van der Waals surface area contributed by atoms with Crippen molar-refractivity contribution in [2.75, 3.05) is 32.4 Å². The number of likely N-dealkylation sites (N-methyl/N-ethyl adjacent to an activating group) is 1. The number of ether oxygens (including phenoxy) is 2. The third kappa shape index (κ3) is 7.82. The zero-order valence-corrected chi connectivity index (χ0v) is 22.9. The first-order chi connectivity index (χ1) is 25.5. The number of allylic oxidation sites excluding steroid dienone is 1. The minimum absolute atomic E-state index is 0.0446. The zero-order valence-electron chi connectivity index (χ0n) is 36.2. The number of rotatable bonds is 12. The van der Waals surface area contributed by atoms with Crippen LogP contribution < -0.4 is 14.8 Å². The average Bonchev–Trinajstić information content (AvgIpc) is 3.12. The van der Waals surface area contributed by atoms with E-state index in [9.17, 15) is 10.1 Å². The Kier molecular flexibility index (Phi) is 5.40. The van der Waals surface area contributed by atoms with Gasteiger partial charge in [-0.25, -0.2) is 0 Å². The van der Waals surface area contributed by atoms with Gasteiger partial charge < -0.3 is 19.7 Å². The Labute approximate surface area is 264 Å². The molecule has 2 heterocycles. The number of nitrogens with one attached hydrogen (secondary N) is 1. The fourth-order valence-corrected chi connectivity index (χ4v) is 3.66. The van der Waals surface area contributed by atoms with Gasteiger partial charge in [0.05, 0.1) is 46.4 Å². The number of hydrogen-bond acceptors (Lipinski definition) is 8. The lowest BCUT2D eigenvalue weighted by molar-refractivity contribution is -0.114. The van der Waals surface area contributed by atoms with Crippen molar-refractivity contribution in [2.45, 2.75) is 26.9 Å². The molecule has 0 saturated heterocycles. The van der Waals surface area contributed by atoms with Gasteiger partial charge in [-0.3, -0.25) is 14.8 Å². The number of anilines is 2. The Morgan fingerprint density at radius 3 is 2.90 bits per heavy atom. The fraction of sp³-hybridized carbons (Fsp3) is 0.250.